The van der Waals surface area contributed by atoms with Gasteiger partial charge in [-0.2, -0.15) is 0 Å². The molecule has 0 unspecified atom stereocenters. The maximum Gasteiger partial charge on any atom is 0.274 e. The first-order valence-electron chi connectivity index (χ1n) is 7.32. The van der Waals surface area contributed by atoms with Crippen LogP contribution in [0.1, 0.15) is 30.3 Å². The van der Waals surface area contributed by atoms with Crippen LogP contribution in [0.15, 0.2) is 30.5 Å². The summed E-state index contributed by atoms with van der Waals surface area (Å²) >= 11 is 0. The lowest BCUT2D eigenvalue weighted by Gasteiger charge is -2.16. The molecule has 0 atom stereocenters. The van der Waals surface area contributed by atoms with E-state index in [-0.39, 0.29) is 5.69 Å². The first-order valence-corrected chi connectivity index (χ1v) is 7.32. The fraction of sp³-hybridized carbons (Fsp3) is 0.312. The molecule has 0 aliphatic heterocycles. The first kappa shape index (κ1) is 16.8. The van der Waals surface area contributed by atoms with Crippen molar-refractivity contribution in [2.45, 2.75) is 19.8 Å². The van der Waals surface area contributed by atoms with E-state index in [1.54, 1.807) is 0 Å². The molecule has 0 spiro atoms. The number of hydrogen-bond acceptors (Lipinski definition) is 4. The van der Waals surface area contributed by atoms with Gasteiger partial charge in [-0.3, -0.25) is 4.79 Å². The van der Waals surface area contributed by atoms with Crippen LogP contribution in [-0.2, 0) is 0 Å². The van der Waals surface area contributed by atoms with Crippen LogP contribution in [0.5, 0.6) is 0 Å². The standard InChI is InChI=1S/C16H18F2N4O/c1-3-4-10-22(2)16-19-9-8-13(20-16)15(23)21-14-11(17)6-5-7-12(14)18/h5-9H,3-4,10H2,1-2H3,(H,21,23). The van der Waals surface area contributed by atoms with Crippen LogP contribution in [0.25, 0.3) is 0 Å². The minimum Gasteiger partial charge on any atom is -0.344 e. The molecule has 23 heavy (non-hydrogen) atoms. The quantitative estimate of drug-likeness (QED) is 0.888. The van der Waals surface area contributed by atoms with Gasteiger partial charge in [0.1, 0.15) is 23.0 Å². The Bertz CT molecular complexity index is 673. The summed E-state index contributed by atoms with van der Waals surface area (Å²) in [7, 11) is 1.82. The number of halogens is 2. The lowest BCUT2D eigenvalue weighted by molar-refractivity contribution is 0.102. The molecule has 0 fully saturated rings. The maximum atomic E-state index is 13.6. The van der Waals surface area contributed by atoms with Gasteiger partial charge in [0.25, 0.3) is 5.91 Å². The molecule has 0 bridgehead atoms. The van der Waals surface area contributed by atoms with E-state index in [1.165, 1.54) is 18.3 Å². The SMILES string of the molecule is CCCCN(C)c1nccc(C(=O)Nc2c(F)cccc2F)n1. The second-order valence-electron chi connectivity index (χ2n) is 5.07. The zero-order valence-corrected chi connectivity index (χ0v) is 13.0. The number of rotatable bonds is 6. The number of para-hydroxylation sites is 1. The topological polar surface area (TPSA) is 58.1 Å². The molecule has 0 saturated carbocycles. The van der Waals surface area contributed by atoms with E-state index in [0.717, 1.165) is 31.5 Å². The number of nitrogens with one attached hydrogen (secondary N) is 1. The summed E-state index contributed by atoms with van der Waals surface area (Å²) in [6.45, 7) is 2.82. The van der Waals surface area contributed by atoms with Crippen molar-refractivity contribution in [2.24, 2.45) is 0 Å². The Morgan fingerprint density at radius 3 is 2.61 bits per heavy atom. The van der Waals surface area contributed by atoms with Crippen LogP contribution in [0.4, 0.5) is 20.4 Å². The predicted octanol–water partition coefficient (Wildman–Crippen LogP) is 3.24. The van der Waals surface area contributed by atoms with E-state index < -0.39 is 23.2 Å². The van der Waals surface area contributed by atoms with Crippen molar-refractivity contribution in [3.05, 3.63) is 47.8 Å². The smallest absolute Gasteiger partial charge is 0.274 e. The molecular formula is C16H18F2N4O. The van der Waals surface area contributed by atoms with E-state index in [9.17, 15) is 13.6 Å². The van der Waals surface area contributed by atoms with Gasteiger partial charge in [0.2, 0.25) is 5.95 Å². The second kappa shape index (κ2) is 7.62. The predicted molar refractivity (Wildman–Crippen MR) is 84.5 cm³/mol. The van der Waals surface area contributed by atoms with Gasteiger partial charge in [-0.1, -0.05) is 19.4 Å². The fourth-order valence-corrected chi connectivity index (χ4v) is 1.95. The molecule has 1 heterocycles. The number of benzene rings is 1. The minimum absolute atomic E-state index is 0.0426. The molecule has 0 saturated heterocycles. The van der Waals surface area contributed by atoms with Crippen LogP contribution in [0.2, 0.25) is 0 Å². The molecule has 2 aromatic rings. The molecule has 1 aromatic carbocycles. The third-order valence-corrected chi connectivity index (χ3v) is 3.27. The highest BCUT2D eigenvalue weighted by molar-refractivity contribution is 6.03. The molecular weight excluding hydrogens is 302 g/mol. The molecule has 1 amide bonds. The highest BCUT2D eigenvalue weighted by Crippen LogP contribution is 2.19. The number of amides is 1. The average molecular weight is 320 g/mol. The van der Waals surface area contributed by atoms with Gasteiger partial charge in [0, 0.05) is 19.8 Å². The van der Waals surface area contributed by atoms with Crippen molar-refractivity contribution < 1.29 is 13.6 Å². The van der Waals surface area contributed by atoms with Crippen LogP contribution in [0, 0.1) is 11.6 Å². The van der Waals surface area contributed by atoms with E-state index in [2.05, 4.69) is 22.2 Å². The number of carbonyl (C=O) groups is 1. The van der Waals surface area contributed by atoms with Crippen molar-refractivity contribution in [3.8, 4) is 0 Å². The van der Waals surface area contributed by atoms with Crippen molar-refractivity contribution in [2.75, 3.05) is 23.8 Å². The lowest BCUT2D eigenvalue weighted by Crippen LogP contribution is -2.23. The van der Waals surface area contributed by atoms with Crippen molar-refractivity contribution in [3.63, 3.8) is 0 Å². The second-order valence-corrected chi connectivity index (χ2v) is 5.07. The Kier molecular flexibility index (Phi) is 5.56. The summed E-state index contributed by atoms with van der Waals surface area (Å²) in [6.07, 6.45) is 3.44. The average Bonchev–Trinajstić information content (AvgIpc) is 2.56. The number of nitrogens with zero attached hydrogens (tertiary/aromatic N) is 3. The number of unbranched alkanes of at least 4 members (excludes halogenated alkanes) is 1. The molecule has 122 valence electrons. The Morgan fingerprint density at radius 1 is 1.26 bits per heavy atom. The van der Waals surface area contributed by atoms with Crippen LogP contribution < -0.4 is 10.2 Å². The van der Waals surface area contributed by atoms with Gasteiger partial charge in [0.05, 0.1) is 0 Å². The number of anilines is 2. The van der Waals surface area contributed by atoms with Gasteiger partial charge < -0.3 is 10.2 Å². The molecule has 0 aliphatic rings. The van der Waals surface area contributed by atoms with Gasteiger partial charge in [-0.05, 0) is 24.6 Å². The molecule has 1 aromatic heterocycles. The lowest BCUT2D eigenvalue weighted by atomic mass is 10.2. The minimum atomic E-state index is -0.840. The van der Waals surface area contributed by atoms with Gasteiger partial charge in [0.15, 0.2) is 0 Å². The molecule has 0 aliphatic carbocycles. The maximum absolute atomic E-state index is 13.6. The van der Waals surface area contributed by atoms with Crippen molar-refractivity contribution >= 4 is 17.5 Å². The Morgan fingerprint density at radius 2 is 1.96 bits per heavy atom. The Balaban J connectivity index is 2.17. The zero-order chi connectivity index (χ0) is 16.8. The van der Waals surface area contributed by atoms with Crippen LogP contribution in [0.3, 0.4) is 0 Å². The molecule has 1 N–H and O–H groups in total. The van der Waals surface area contributed by atoms with Crippen molar-refractivity contribution in [1.82, 2.24) is 9.97 Å². The van der Waals surface area contributed by atoms with Crippen LogP contribution >= 0.6 is 0 Å². The summed E-state index contributed by atoms with van der Waals surface area (Å²) in [5.74, 6) is -1.98. The third kappa shape index (κ3) is 4.21. The summed E-state index contributed by atoms with van der Waals surface area (Å²) in [5.41, 5.74) is -0.446. The third-order valence-electron chi connectivity index (χ3n) is 3.27. The van der Waals surface area contributed by atoms with Gasteiger partial charge >= 0.3 is 0 Å². The highest BCUT2D eigenvalue weighted by atomic mass is 19.1. The van der Waals surface area contributed by atoms with E-state index in [0.29, 0.717) is 5.95 Å². The molecule has 7 heteroatoms. The van der Waals surface area contributed by atoms with Crippen LogP contribution in [-0.4, -0.2) is 29.5 Å². The largest absolute Gasteiger partial charge is 0.344 e. The fourth-order valence-electron chi connectivity index (χ4n) is 1.95. The van der Waals surface area contributed by atoms with Gasteiger partial charge in [-0.25, -0.2) is 18.7 Å². The summed E-state index contributed by atoms with van der Waals surface area (Å²) in [5, 5.41) is 2.21. The molecule has 0 radical (unpaired) electrons. The summed E-state index contributed by atoms with van der Waals surface area (Å²) < 4.78 is 27.2. The van der Waals surface area contributed by atoms with Gasteiger partial charge in [-0.15, -0.1) is 0 Å². The van der Waals surface area contributed by atoms with E-state index >= 15 is 0 Å². The monoisotopic (exact) mass is 320 g/mol. The van der Waals surface area contributed by atoms with E-state index in [1.807, 2.05) is 11.9 Å². The number of aromatic nitrogens is 2. The highest BCUT2D eigenvalue weighted by Gasteiger charge is 2.15. The zero-order valence-electron chi connectivity index (χ0n) is 13.0. The normalized spacial score (nSPS) is 10.4. The number of hydrogen-bond donors (Lipinski definition) is 1. The van der Waals surface area contributed by atoms with Crippen molar-refractivity contribution in [1.29, 1.82) is 0 Å². The van der Waals surface area contributed by atoms with E-state index in [4.69, 9.17) is 0 Å². The first-order chi connectivity index (χ1) is 11.0. The molecule has 2 rings (SSSR count). The Hall–Kier alpha value is -2.57. The number of carbonyl (C=O) groups excluding carboxylic acids is 1. The molecule has 5 nitrogen and oxygen atoms in total. The summed E-state index contributed by atoms with van der Waals surface area (Å²) in [6, 6.07) is 4.77. The Labute approximate surface area is 133 Å². The summed E-state index contributed by atoms with van der Waals surface area (Å²) in [4.78, 5) is 22.2.